The first-order valence-corrected chi connectivity index (χ1v) is 16.3. The first kappa shape index (κ1) is 33.8. The lowest BCUT2D eigenvalue weighted by Crippen LogP contribution is -2.30. The zero-order valence-electron chi connectivity index (χ0n) is 26.2. The highest BCUT2D eigenvalue weighted by molar-refractivity contribution is 8.00. The van der Waals surface area contributed by atoms with E-state index in [0.29, 0.717) is 27.3 Å². The SMILES string of the molecule is O=C(Nc1cccc(SC(C(=O)Nc2ccccc2C(F)(F)F)c2ccccc2)c1)/C(=C/c1c[nH]c2ccccc12)NC(=O)c1ccccc1. The predicted octanol–water partition coefficient (Wildman–Crippen LogP) is 9.07. The molecule has 6 rings (SSSR count). The molecule has 0 radical (unpaired) electrons. The van der Waals surface area contributed by atoms with Crippen LogP contribution in [0.2, 0.25) is 0 Å². The summed E-state index contributed by atoms with van der Waals surface area (Å²) in [6, 6.07) is 36.3. The lowest BCUT2D eigenvalue weighted by atomic mass is 10.1. The number of hydrogen-bond acceptors (Lipinski definition) is 4. The van der Waals surface area contributed by atoms with Crippen molar-refractivity contribution in [3.63, 3.8) is 0 Å². The Kier molecular flexibility index (Phi) is 10.1. The summed E-state index contributed by atoms with van der Waals surface area (Å²) in [6.07, 6.45) is -1.33. The molecule has 5 aromatic carbocycles. The molecule has 0 spiro atoms. The monoisotopic (exact) mass is 690 g/mol. The van der Waals surface area contributed by atoms with Gasteiger partial charge in [0.25, 0.3) is 11.8 Å². The van der Waals surface area contributed by atoms with Gasteiger partial charge in [-0.1, -0.05) is 84.9 Å². The third kappa shape index (κ3) is 8.13. The fraction of sp³-hybridized carbons (Fsp3) is 0.0513. The van der Waals surface area contributed by atoms with Crippen molar-refractivity contribution in [3.8, 4) is 0 Å². The van der Waals surface area contributed by atoms with Gasteiger partial charge in [-0.3, -0.25) is 14.4 Å². The Balaban J connectivity index is 1.26. The molecule has 1 aromatic heterocycles. The fourth-order valence-electron chi connectivity index (χ4n) is 5.23. The van der Waals surface area contributed by atoms with Gasteiger partial charge >= 0.3 is 6.18 Å². The third-order valence-corrected chi connectivity index (χ3v) is 8.87. The number of hydrogen-bond donors (Lipinski definition) is 4. The van der Waals surface area contributed by atoms with Crippen LogP contribution in [0.1, 0.15) is 32.3 Å². The van der Waals surface area contributed by atoms with E-state index >= 15 is 0 Å². The molecule has 0 fully saturated rings. The molecule has 11 heteroatoms. The van der Waals surface area contributed by atoms with Crippen LogP contribution in [0.4, 0.5) is 24.5 Å². The molecule has 7 nitrogen and oxygen atoms in total. The van der Waals surface area contributed by atoms with Gasteiger partial charge in [0.2, 0.25) is 5.91 Å². The van der Waals surface area contributed by atoms with Crippen LogP contribution in [0.5, 0.6) is 0 Å². The van der Waals surface area contributed by atoms with Crippen LogP contribution in [0, 0.1) is 0 Å². The zero-order valence-corrected chi connectivity index (χ0v) is 27.0. The smallest absolute Gasteiger partial charge is 0.361 e. The zero-order chi connectivity index (χ0) is 35.1. The van der Waals surface area contributed by atoms with E-state index in [1.165, 1.54) is 18.2 Å². The number of rotatable bonds is 10. The molecule has 6 aromatic rings. The van der Waals surface area contributed by atoms with E-state index in [1.54, 1.807) is 97.2 Å². The van der Waals surface area contributed by atoms with Gasteiger partial charge in [-0.2, -0.15) is 13.2 Å². The van der Waals surface area contributed by atoms with Crippen LogP contribution in [0.25, 0.3) is 17.0 Å². The number of thioether (sulfide) groups is 1. The lowest BCUT2D eigenvalue weighted by molar-refractivity contribution is -0.137. The van der Waals surface area contributed by atoms with Crippen molar-refractivity contribution in [1.29, 1.82) is 0 Å². The van der Waals surface area contributed by atoms with Crippen LogP contribution >= 0.6 is 11.8 Å². The highest BCUT2D eigenvalue weighted by Crippen LogP contribution is 2.39. The lowest BCUT2D eigenvalue weighted by Gasteiger charge is -2.19. The van der Waals surface area contributed by atoms with E-state index in [1.807, 2.05) is 24.3 Å². The van der Waals surface area contributed by atoms with Gasteiger partial charge in [0.1, 0.15) is 10.9 Å². The van der Waals surface area contributed by atoms with Crippen LogP contribution in [0.15, 0.2) is 150 Å². The van der Waals surface area contributed by atoms with Crippen LogP contribution in [0.3, 0.4) is 0 Å². The fourth-order valence-corrected chi connectivity index (χ4v) is 6.31. The van der Waals surface area contributed by atoms with E-state index in [-0.39, 0.29) is 11.4 Å². The van der Waals surface area contributed by atoms with Gasteiger partial charge in [0.15, 0.2) is 0 Å². The Morgan fingerprint density at radius 3 is 2.18 bits per heavy atom. The van der Waals surface area contributed by atoms with Crippen molar-refractivity contribution in [1.82, 2.24) is 10.3 Å². The van der Waals surface area contributed by atoms with Gasteiger partial charge in [0.05, 0.1) is 11.3 Å². The topological polar surface area (TPSA) is 103 Å². The third-order valence-electron chi connectivity index (χ3n) is 7.63. The van der Waals surface area contributed by atoms with Gasteiger partial charge in [0, 0.05) is 38.8 Å². The second kappa shape index (κ2) is 15.0. The van der Waals surface area contributed by atoms with Crippen LogP contribution in [-0.2, 0) is 15.8 Å². The second-order valence-electron chi connectivity index (χ2n) is 11.1. The number of anilines is 2. The average Bonchev–Trinajstić information content (AvgIpc) is 3.53. The Hall–Kier alpha value is -6.07. The van der Waals surface area contributed by atoms with E-state index < -0.39 is 34.7 Å². The number of para-hydroxylation sites is 2. The van der Waals surface area contributed by atoms with Gasteiger partial charge in [-0.25, -0.2) is 0 Å². The number of carbonyl (C=O) groups excluding carboxylic acids is 3. The molecular weight excluding hydrogens is 662 g/mol. The van der Waals surface area contributed by atoms with Gasteiger partial charge in [-0.15, -0.1) is 11.8 Å². The summed E-state index contributed by atoms with van der Waals surface area (Å²) in [6.45, 7) is 0. The number of alkyl halides is 3. The molecule has 0 saturated carbocycles. The molecule has 0 saturated heterocycles. The number of carbonyl (C=O) groups is 3. The second-order valence-corrected chi connectivity index (χ2v) is 12.3. The molecule has 1 atom stereocenters. The quantitative estimate of drug-likeness (QED) is 0.0851. The molecule has 1 heterocycles. The maximum atomic E-state index is 13.8. The summed E-state index contributed by atoms with van der Waals surface area (Å²) in [5.41, 5.74) is 1.54. The first-order chi connectivity index (χ1) is 24.2. The summed E-state index contributed by atoms with van der Waals surface area (Å²) in [5.74, 6) is -1.72. The van der Waals surface area contributed by atoms with Crippen molar-refractivity contribution in [2.24, 2.45) is 0 Å². The summed E-state index contributed by atoms with van der Waals surface area (Å²) in [4.78, 5) is 44.2. The molecule has 0 aliphatic carbocycles. The maximum absolute atomic E-state index is 13.8. The number of aromatic amines is 1. The largest absolute Gasteiger partial charge is 0.418 e. The number of amides is 3. The summed E-state index contributed by atoms with van der Waals surface area (Å²) < 4.78 is 41.1. The van der Waals surface area contributed by atoms with Crippen molar-refractivity contribution >= 4 is 57.8 Å². The van der Waals surface area contributed by atoms with E-state index in [4.69, 9.17) is 0 Å². The summed E-state index contributed by atoms with van der Waals surface area (Å²) in [7, 11) is 0. The molecule has 0 aliphatic heterocycles. The Morgan fingerprint density at radius 2 is 1.42 bits per heavy atom. The Bertz CT molecular complexity index is 2180. The van der Waals surface area contributed by atoms with Crippen LogP contribution in [-0.4, -0.2) is 22.7 Å². The van der Waals surface area contributed by atoms with Crippen LogP contribution < -0.4 is 16.0 Å². The molecule has 4 N–H and O–H groups in total. The normalized spacial score (nSPS) is 12.3. The number of aromatic nitrogens is 1. The molecule has 250 valence electrons. The minimum atomic E-state index is -4.66. The van der Waals surface area contributed by atoms with Crippen molar-refractivity contribution in [3.05, 3.63) is 168 Å². The van der Waals surface area contributed by atoms with E-state index in [0.717, 1.165) is 28.7 Å². The Labute approximate surface area is 289 Å². The van der Waals surface area contributed by atoms with Gasteiger partial charge in [-0.05, 0) is 60.2 Å². The number of nitrogens with one attached hydrogen (secondary N) is 4. The highest BCUT2D eigenvalue weighted by atomic mass is 32.2. The summed E-state index contributed by atoms with van der Waals surface area (Å²) in [5, 5.41) is 7.95. The van der Waals surface area contributed by atoms with Crippen molar-refractivity contribution in [2.75, 3.05) is 10.6 Å². The predicted molar refractivity (Wildman–Crippen MR) is 190 cm³/mol. The van der Waals surface area contributed by atoms with Gasteiger partial charge < -0.3 is 20.9 Å². The first-order valence-electron chi connectivity index (χ1n) is 15.4. The van der Waals surface area contributed by atoms with Crippen molar-refractivity contribution in [2.45, 2.75) is 16.3 Å². The molecule has 3 amide bonds. The highest BCUT2D eigenvalue weighted by Gasteiger charge is 2.34. The number of halogens is 3. The molecule has 50 heavy (non-hydrogen) atoms. The number of fused-ring (bicyclic) bond motifs is 1. The minimum absolute atomic E-state index is 0.00784. The number of H-pyrrole nitrogens is 1. The Morgan fingerprint density at radius 1 is 0.740 bits per heavy atom. The van der Waals surface area contributed by atoms with E-state index in [2.05, 4.69) is 20.9 Å². The molecule has 0 bridgehead atoms. The molecule has 1 unspecified atom stereocenters. The average molecular weight is 691 g/mol. The maximum Gasteiger partial charge on any atom is 0.418 e. The molecule has 0 aliphatic rings. The van der Waals surface area contributed by atoms with E-state index in [9.17, 15) is 27.6 Å². The summed E-state index contributed by atoms with van der Waals surface area (Å²) >= 11 is 1.11. The minimum Gasteiger partial charge on any atom is -0.361 e. The molecular formula is C39H29F3N4O3S. The van der Waals surface area contributed by atoms with Crippen molar-refractivity contribution < 1.29 is 27.6 Å². The standard InChI is InChI=1S/C39H29F3N4O3S/c40-39(41,42)31-19-8-10-21-33(31)45-38(49)35(25-12-3-1-4-13-25)50-29-17-11-16-28(23-29)44-37(48)34(46-36(47)26-14-5-2-6-15-26)22-27-24-43-32-20-9-7-18-30(27)32/h1-24,35,43H,(H,44,48)(H,45,49)(H,46,47)/b34-22-. The number of benzene rings is 5.